The minimum absolute atomic E-state index is 0.330. The number of fused-ring (bicyclic) bond motifs is 1. The molecule has 4 aromatic rings. The van der Waals surface area contributed by atoms with Gasteiger partial charge in [-0.2, -0.15) is 0 Å². The van der Waals surface area contributed by atoms with Crippen molar-refractivity contribution in [1.29, 1.82) is 0 Å². The van der Waals surface area contributed by atoms with Crippen LogP contribution in [-0.4, -0.2) is 21.6 Å². The summed E-state index contributed by atoms with van der Waals surface area (Å²) in [6.45, 7) is 0.475. The monoisotopic (exact) mass is 341 g/mol. The van der Waals surface area contributed by atoms with Crippen LogP contribution >= 0.6 is 0 Å². The molecule has 0 saturated heterocycles. The number of aromatic nitrogens is 3. The van der Waals surface area contributed by atoms with Crippen molar-refractivity contribution in [2.45, 2.75) is 6.23 Å². The van der Waals surface area contributed by atoms with Gasteiger partial charge in [0.15, 0.2) is 6.23 Å². The maximum absolute atomic E-state index is 6.18. The van der Waals surface area contributed by atoms with E-state index >= 15 is 0 Å². The standard InChI is InChI=1S/C22H19N3O/c1-3-10-18(11-4-1)12-9-17-26-22(19-13-5-2-6-14-19)25-21-16-8-7-15-20(21)23-24-25/h1-16,22H,17H2/b12-9+. The Balaban J connectivity index is 1.59. The number of benzene rings is 3. The summed E-state index contributed by atoms with van der Waals surface area (Å²) < 4.78 is 8.01. The molecular formula is C22H19N3O. The molecule has 0 aliphatic carbocycles. The Bertz CT molecular complexity index is 994. The van der Waals surface area contributed by atoms with Crippen molar-refractivity contribution in [2.24, 2.45) is 0 Å². The first-order valence-electron chi connectivity index (χ1n) is 8.60. The number of rotatable bonds is 6. The van der Waals surface area contributed by atoms with E-state index in [4.69, 9.17) is 4.74 Å². The third-order valence-electron chi connectivity index (χ3n) is 4.14. The quantitative estimate of drug-likeness (QED) is 0.510. The third-order valence-corrected chi connectivity index (χ3v) is 4.14. The van der Waals surface area contributed by atoms with Gasteiger partial charge in [-0.05, 0) is 17.7 Å². The van der Waals surface area contributed by atoms with E-state index in [1.54, 1.807) is 0 Å². The molecule has 1 heterocycles. The van der Waals surface area contributed by atoms with Crippen LogP contribution in [0.25, 0.3) is 17.1 Å². The molecule has 26 heavy (non-hydrogen) atoms. The van der Waals surface area contributed by atoms with E-state index in [1.807, 2.05) is 83.6 Å². The Labute approximate surface area is 152 Å². The Morgan fingerprint density at radius 2 is 1.54 bits per heavy atom. The van der Waals surface area contributed by atoms with E-state index < -0.39 is 0 Å². The molecule has 0 aliphatic heterocycles. The Hall–Kier alpha value is -3.24. The zero-order chi connectivity index (χ0) is 17.6. The molecule has 1 atom stereocenters. The Kier molecular flexibility index (Phi) is 4.85. The van der Waals surface area contributed by atoms with Crippen LogP contribution in [0.5, 0.6) is 0 Å². The molecule has 0 spiro atoms. The first-order chi connectivity index (χ1) is 12.9. The lowest BCUT2D eigenvalue weighted by Crippen LogP contribution is -2.16. The Morgan fingerprint density at radius 3 is 2.35 bits per heavy atom. The fourth-order valence-electron chi connectivity index (χ4n) is 2.88. The topological polar surface area (TPSA) is 39.9 Å². The summed E-state index contributed by atoms with van der Waals surface area (Å²) in [7, 11) is 0. The molecule has 3 aromatic carbocycles. The fourth-order valence-corrected chi connectivity index (χ4v) is 2.88. The van der Waals surface area contributed by atoms with E-state index in [0.29, 0.717) is 6.61 Å². The fraction of sp³-hybridized carbons (Fsp3) is 0.0909. The van der Waals surface area contributed by atoms with Crippen LogP contribution in [0.3, 0.4) is 0 Å². The first kappa shape index (κ1) is 16.2. The molecule has 4 nitrogen and oxygen atoms in total. The predicted octanol–water partition coefficient (Wildman–Crippen LogP) is 4.71. The lowest BCUT2D eigenvalue weighted by Gasteiger charge is -2.18. The van der Waals surface area contributed by atoms with E-state index in [0.717, 1.165) is 22.2 Å². The highest BCUT2D eigenvalue weighted by Gasteiger charge is 2.17. The summed E-state index contributed by atoms with van der Waals surface area (Å²) in [6.07, 6.45) is 3.75. The minimum Gasteiger partial charge on any atom is -0.348 e. The molecule has 0 aliphatic rings. The van der Waals surface area contributed by atoms with Gasteiger partial charge < -0.3 is 4.74 Å². The minimum atomic E-state index is -0.330. The van der Waals surface area contributed by atoms with Gasteiger partial charge in [0, 0.05) is 5.56 Å². The molecule has 0 radical (unpaired) electrons. The molecule has 1 aromatic heterocycles. The van der Waals surface area contributed by atoms with Gasteiger partial charge in [0.05, 0.1) is 12.1 Å². The van der Waals surface area contributed by atoms with Crippen molar-refractivity contribution in [3.8, 4) is 0 Å². The highest BCUT2D eigenvalue weighted by atomic mass is 16.5. The second-order valence-corrected chi connectivity index (χ2v) is 5.93. The summed E-state index contributed by atoms with van der Waals surface area (Å²) in [5.41, 5.74) is 4.00. The molecule has 4 heteroatoms. The lowest BCUT2D eigenvalue weighted by atomic mass is 10.2. The van der Waals surface area contributed by atoms with Crippen molar-refractivity contribution >= 4 is 17.1 Å². The molecule has 4 rings (SSSR count). The first-order valence-corrected chi connectivity index (χ1v) is 8.60. The molecule has 0 bridgehead atoms. The van der Waals surface area contributed by atoms with Crippen molar-refractivity contribution in [3.05, 3.63) is 102 Å². The van der Waals surface area contributed by atoms with Crippen molar-refractivity contribution in [2.75, 3.05) is 6.61 Å². The summed E-state index contributed by atoms with van der Waals surface area (Å²) in [4.78, 5) is 0. The van der Waals surface area contributed by atoms with E-state index in [2.05, 4.69) is 28.5 Å². The van der Waals surface area contributed by atoms with Crippen molar-refractivity contribution in [3.63, 3.8) is 0 Å². The zero-order valence-corrected chi connectivity index (χ0v) is 14.3. The molecule has 0 N–H and O–H groups in total. The molecule has 0 fully saturated rings. The van der Waals surface area contributed by atoms with Gasteiger partial charge >= 0.3 is 0 Å². The van der Waals surface area contributed by atoms with Crippen LogP contribution in [-0.2, 0) is 4.74 Å². The Morgan fingerprint density at radius 1 is 0.846 bits per heavy atom. The van der Waals surface area contributed by atoms with E-state index in [9.17, 15) is 0 Å². The SMILES string of the molecule is C(=C\c1ccccc1)/COC(c1ccccc1)n1nnc2ccccc21. The van der Waals surface area contributed by atoms with Crippen LogP contribution < -0.4 is 0 Å². The number of hydrogen-bond acceptors (Lipinski definition) is 3. The molecule has 0 amide bonds. The average molecular weight is 341 g/mol. The largest absolute Gasteiger partial charge is 0.348 e. The maximum atomic E-state index is 6.18. The van der Waals surface area contributed by atoms with Gasteiger partial charge in [-0.1, -0.05) is 90.2 Å². The molecule has 1 unspecified atom stereocenters. The van der Waals surface area contributed by atoms with Gasteiger partial charge in [-0.3, -0.25) is 0 Å². The second-order valence-electron chi connectivity index (χ2n) is 5.93. The van der Waals surface area contributed by atoms with E-state index in [1.165, 1.54) is 0 Å². The highest BCUT2D eigenvalue weighted by molar-refractivity contribution is 5.74. The van der Waals surface area contributed by atoms with Gasteiger partial charge in [0.1, 0.15) is 5.52 Å². The van der Waals surface area contributed by atoms with Crippen LogP contribution in [0, 0.1) is 0 Å². The van der Waals surface area contributed by atoms with Gasteiger partial charge in [0.25, 0.3) is 0 Å². The van der Waals surface area contributed by atoms with Crippen molar-refractivity contribution < 1.29 is 4.74 Å². The number of para-hydroxylation sites is 1. The van der Waals surface area contributed by atoms with Crippen LogP contribution in [0.1, 0.15) is 17.4 Å². The highest BCUT2D eigenvalue weighted by Crippen LogP contribution is 2.23. The zero-order valence-electron chi connectivity index (χ0n) is 14.3. The molecular weight excluding hydrogens is 322 g/mol. The van der Waals surface area contributed by atoms with Gasteiger partial charge in [0.2, 0.25) is 0 Å². The van der Waals surface area contributed by atoms with Crippen LogP contribution in [0.4, 0.5) is 0 Å². The third kappa shape index (κ3) is 3.55. The van der Waals surface area contributed by atoms with E-state index in [-0.39, 0.29) is 6.23 Å². The average Bonchev–Trinajstić information content (AvgIpc) is 3.13. The summed E-state index contributed by atoms with van der Waals surface area (Å²) in [5, 5.41) is 8.58. The lowest BCUT2D eigenvalue weighted by molar-refractivity contribution is 0.0446. The maximum Gasteiger partial charge on any atom is 0.178 e. The van der Waals surface area contributed by atoms with Gasteiger partial charge in [-0.25, -0.2) is 4.68 Å². The number of ether oxygens (including phenoxy) is 1. The second kappa shape index (κ2) is 7.76. The normalized spacial score (nSPS) is 12.6. The van der Waals surface area contributed by atoms with Gasteiger partial charge in [-0.15, -0.1) is 5.10 Å². The van der Waals surface area contributed by atoms with Crippen molar-refractivity contribution in [1.82, 2.24) is 15.0 Å². The molecule has 0 saturated carbocycles. The summed E-state index contributed by atoms with van der Waals surface area (Å²) >= 11 is 0. The summed E-state index contributed by atoms with van der Waals surface area (Å²) in [6, 6.07) is 28.2. The van der Waals surface area contributed by atoms with Crippen LogP contribution in [0.15, 0.2) is 91.0 Å². The van der Waals surface area contributed by atoms with Crippen LogP contribution in [0.2, 0.25) is 0 Å². The molecule has 128 valence electrons. The number of hydrogen-bond donors (Lipinski definition) is 0. The summed E-state index contributed by atoms with van der Waals surface area (Å²) in [5.74, 6) is 0. The predicted molar refractivity (Wildman–Crippen MR) is 104 cm³/mol. The smallest absolute Gasteiger partial charge is 0.178 e. The number of nitrogens with zero attached hydrogens (tertiary/aromatic N) is 3.